The van der Waals surface area contributed by atoms with Crippen molar-refractivity contribution in [3.05, 3.63) is 81.2 Å². The van der Waals surface area contributed by atoms with Crippen LogP contribution in [0.3, 0.4) is 0 Å². The van der Waals surface area contributed by atoms with Gasteiger partial charge in [0.2, 0.25) is 0 Å². The highest BCUT2D eigenvalue weighted by atomic mass is 127. The van der Waals surface area contributed by atoms with Crippen molar-refractivity contribution in [2.75, 3.05) is 0 Å². The summed E-state index contributed by atoms with van der Waals surface area (Å²) in [4.78, 5) is 0. The standard InChI is InChI=1S/C17H11ClFI/c18-17(11-4-3-5-12(20)10-11)15-8-9-16(19)14-7-2-1-6-13(14)15/h1-10,17H. The van der Waals surface area contributed by atoms with Crippen molar-refractivity contribution < 1.29 is 4.39 Å². The minimum Gasteiger partial charge on any atom is -0.206 e. The molecule has 3 aromatic carbocycles. The summed E-state index contributed by atoms with van der Waals surface area (Å²) in [6, 6.07) is 18.8. The zero-order valence-electron chi connectivity index (χ0n) is 10.5. The number of rotatable bonds is 2. The molecule has 0 heterocycles. The van der Waals surface area contributed by atoms with Gasteiger partial charge in [0.25, 0.3) is 0 Å². The van der Waals surface area contributed by atoms with E-state index >= 15 is 0 Å². The summed E-state index contributed by atoms with van der Waals surface area (Å²) in [6.07, 6.45) is 0. The zero-order valence-corrected chi connectivity index (χ0v) is 13.4. The summed E-state index contributed by atoms with van der Waals surface area (Å²) in [5.74, 6) is -0.212. The molecule has 3 rings (SSSR count). The van der Waals surface area contributed by atoms with E-state index in [2.05, 4.69) is 28.7 Å². The van der Waals surface area contributed by atoms with Crippen LogP contribution in [-0.2, 0) is 0 Å². The topological polar surface area (TPSA) is 0 Å². The Bertz CT molecular complexity index is 770. The van der Waals surface area contributed by atoms with E-state index in [1.807, 2.05) is 36.4 Å². The Morgan fingerprint density at radius 2 is 1.65 bits per heavy atom. The van der Waals surface area contributed by atoms with Crippen molar-refractivity contribution in [3.63, 3.8) is 0 Å². The second-order valence-electron chi connectivity index (χ2n) is 4.60. The first-order valence-corrected chi connectivity index (χ1v) is 7.75. The van der Waals surface area contributed by atoms with Crippen LogP contribution in [0.25, 0.3) is 10.8 Å². The van der Waals surface area contributed by atoms with Crippen LogP contribution in [0.5, 0.6) is 0 Å². The molecule has 3 aromatic rings. The molecule has 0 nitrogen and oxygen atoms in total. The van der Waals surface area contributed by atoms with E-state index in [1.165, 1.54) is 6.07 Å². The third-order valence-corrected chi connectivity index (χ3v) is 4.48. The monoisotopic (exact) mass is 396 g/mol. The molecule has 100 valence electrons. The van der Waals surface area contributed by atoms with Gasteiger partial charge in [-0.15, -0.1) is 11.6 Å². The molecular formula is C17H11ClFI. The zero-order chi connectivity index (χ0) is 14.1. The molecule has 0 radical (unpaired) electrons. The van der Waals surface area contributed by atoms with Crippen LogP contribution in [0.15, 0.2) is 60.7 Å². The Kier molecular flexibility index (Phi) is 3.94. The highest BCUT2D eigenvalue weighted by Crippen LogP contribution is 2.35. The first-order valence-electron chi connectivity index (χ1n) is 6.23. The van der Waals surface area contributed by atoms with Gasteiger partial charge in [0, 0.05) is 8.96 Å². The Labute approximate surface area is 135 Å². The van der Waals surface area contributed by atoms with Gasteiger partial charge in [0.15, 0.2) is 0 Å². The van der Waals surface area contributed by atoms with Crippen molar-refractivity contribution in [2.24, 2.45) is 0 Å². The first kappa shape index (κ1) is 13.8. The second-order valence-corrected chi connectivity index (χ2v) is 6.28. The molecule has 20 heavy (non-hydrogen) atoms. The van der Waals surface area contributed by atoms with Crippen LogP contribution in [0.4, 0.5) is 4.39 Å². The molecule has 0 saturated heterocycles. The van der Waals surface area contributed by atoms with E-state index in [4.69, 9.17) is 11.6 Å². The van der Waals surface area contributed by atoms with Gasteiger partial charge in [-0.3, -0.25) is 0 Å². The van der Waals surface area contributed by atoms with Crippen LogP contribution in [0.2, 0.25) is 0 Å². The normalized spacial score (nSPS) is 12.6. The van der Waals surface area contributed by atoms with E-state index in [0.29, 0.717) is 5.39 Å². The fraction of sp³-hybridized carbons (Fsp3) is 0.0588. The van der Waals surface area contributed by atoms with E-state index in [-0.39, 0.29) is 11.2 Å². The molecule has 0 aromatic heterocycles. The Morgan fingerprint density at radius 1 is 0.900 bits per heavy atom. The number of benzene rings is 3. The van der Waals surface area contributed by atoms with Gasteiger partial charge >= 0.3 is 0 Å². The van der Waals surface area contributed by atoms with Gasteiger partial charge < -0.3 is 0 Å². The van der Waals surface area contributed by atoms with Gasteiger partial charge in [-0.1, -0.05) is 42.5 Å². The van der Waals surface area contributed by atoms with Crippen molar-refractivity contribution in [3.8, 4) is 0 Å². The summed E-state index contributed by atoms with van der Waals surface area (Å²) in [5, 5.41) is 1.20. The number of halogens is 3. The molecule has 0 spiro atoms. The van der Waals surface area contributed by atoms with E-state index in [1.54, 1.807) is 12.1 Å². The number of alkyl halides is 1. The lowest BCUT2D eigenvalue weighted by molar-refractivity contribution is 0.639. The molecule has 0 aliphatic rings. The Balaban J connectivity index is 2.17. The summed E-state index contributed by atoms with van der Waals surface area (Å²) in [6.45, 7) is 0. The molecule has 0 bridgehead atoms. The molecule has 0 amide bonds. The minimum absolute atomic E-state index is 0.212. The average Bonchev–Trinajstić information content (AvgIpc) is 2.47. The van der Waals surface area contributed by atoms with Crippen LogP contribution in [0, 0.1) is 9.39 Å². The average molecular weight is 397 g/mol. The third-order valence-electron chi connectivity index (χ3n) is 3.32. The molecule has 3 heteroatoms. The summed E-state index contributed by atoms with van der Waals surface area (Å²) in [5.41, 5.74) is 1.96. The van der Waals surface area contributed by atoms with Crippen molar-refractivity contribution >= 4 is 45.0 Å². The quantitative estimate of drug-likeness (QED) is 0.373. The van der Waals surface area contributed by atoms with Gasteiger partial charge in [-0.05, 0) is 57.3 Å². The molecule has 0 N–H and O–H groups in total. The highest BCUT2D eigenvalue weighted by molar-refractivity contribution is 14.1. The molecule has 0 aliphatic carbocycles. The maximum Gasteiger partial charge on any atom is 0.131 e. The molecule has 1 unspecified atom stereocenters. The van der Waals surface area contributed by atoms with Gasteiger partial charge in [-0.25, -0.2) is 4.39 Å². The van der Waals surface area contributed by atoms with E-state index in [0.717, 1.165) is 20.1 Å². The smallest absolute Gasteiger partial charge is 0.131 e. The van der Waals surface area contributed by atoms with Crippen LogP contribution >= 0.6 is 34.2 Å². The van der Waals surface area contributed by atoms with E-state index in [9.17, 15) is 4.39 Å². The molecular weight excluding hydrogens is 386 g/mol. The third kappa shape index (κ3) is 2.54. The van der Waals surface area contributed by atoms with Crippen molar-refractivity contribution in [1.82, 2.24) is 0 Å². The number of hydrogen-bond acceptors (Lipinski definition) is 0. The van der Waals surface area contributed by atoms with Crippen LogP contribution in [0.1, 0.15) is 16.5 Å². The van der Waals surface area contributed by atoms with Crippen molar-refractivity contribution in [2.45, 2.75) is 5.38 Å². The SMILES string of the molecule is Fc1ccc(C(Cl)c2cccc(I)c2)c2ccccc12. The predicted octanol–water partition coefficient (Wildman–Crippen LogP) is 5.91. The van der Waals surface area contributed by atoms with Crippen molar-refractivity contribution in [1.29, 1.82) is 0 Å². The Morgan fingerprint density at radius 3 is 2.40 bits per heavy atom. The van der Waals surface area contributed by atoms with E-state index < -0.39 is 0 Å². The number of hydrogen-bond donors (Lipinski definition) is 0. The summed E-state index contributed by atoms with van der Waals surface area (Å²) in [7, 11) is 0. The van der Waals surface area contributed by atoms with Gasteiger partial charge in [0.1, 0.15) is 5.82 Å². The fourth-order valence-electron chi connectivity index (χ4n) is 2.35. The molecule has 0 saturated carbocycles. The van der Waals surface area contributed by atoms with Gasteiger partial charge in [-0.2, -0.15) is 0 Å². The molecule has 1 atom stereocenters. The molecule has 0 aliphatic heterocycles. The predicted molar refractivity (Wildman–Crippen MR) is 90.8 cm³/mol. The largest absolute Gasteiger partial charge is 0.206 e. The summed E-state index contributed by atoms with van der Waals surface area (Å²) < 4.78 is 15.0. The minimum atomic E-state index is -0.282. The number of fused-ring (bicyclic) bond motifs is 1. The van der Waals surface area contributed by atoms with Crippen LogP contribution < -0.4 is 0 Å². The van der Waals surface area contributed by atoms with Gasteiger partial charge in [0.05, 0.1) is 5.38 Å². The fourth-order valence-corrected chi connectivity index (χ4v) is 3.24. The summed E-state index contributed by atoms with van der Waals surface area (Å²) >= 11 is 8.87. The maximum atomic E-state index is 13.9. The molecule has 0 fully saturated rings. The lowest BCUT2D eigenvalue weighted by Crippen LogP contribution is -1.96. The second kappa shape index (κ2) is 5.70. The highest BCUT2D eigenvalue weighted by Gasteiger charge is 2.15. The van der Waals surface area contributed by atoms with Crippen LogP contribution in [-0.4, -0.2) is 0 Å². The Hall–Kier alpha value is -1.13. The lowest BCUT2D eigenvalue weighted by Gasteiger charge is -2.14. The lowest BCUT2D eigenvalue weighted by atomic mass is 9.98. The maximum absolute atomic E-state index is 13.9. The first-order chi connectivity index (χ1) is 9.66.